The van der Waals surface area contributed by atoms with Crippen LogP contribution in [0.4, 0.5) is 0 Å². The maximum absolute atomic E-state index is 5.22. The van der Waals surface area contributed by atoms with Crippen molar-refractivity contribution >= 4 is 29.1 Å². The van der Waals surface area contributed by atoms with Gasteiger partial charge in [-0.3, -0.25) is 0 Å². The summed E-state index contributed by atoms with van der Waals surface area (Å²) in [6.45, 7) is 1.48. The summed E-state index contributed by atoms with van der Waals surface area (Å²) in [5.74, 6) is 0. The van der Waals surface area contributed by atoms with Crippen molar-refractivity contribution in [3.05, 3.63) is 0 Å². The van der Waals surface area contributed by atoms with Gasteiger partial charge in [-0.1, -0.05) is 0 Å². The molecule has 0 atom stereocenters. The van der Waals surface area contributed by atoms with Gasteiger partial charge >= 0.3 is 0 Å². The Balaban J connectivity index is 2.10. The molecule has 1 rings (SSSR count). The Morgan fingerprint density at radius 2 is 2.06 bits per heavy atom. The number of thioether (sulfide) groups is 1. The predicted molar refractivity (Wildman–Crippen MR) is 75.2 cm³/mol. The van der Waals surface area contributed by atoms with Crippen LogP contribution >= 0.6 is 24.0 Å². The molecule has 0 heterocycles. The smallest absolute Gasteiger partial charge is 0.166 e. The first kappa shape index (κ1) is 14.1. The summed E-state index contributed by atoms with van der Waals surface area (Å²) in [6, 6.07) is 0.561. The molecule has 0 bridgehead atoms. The molecule has 1 saturated carbocycles. The Bertz CT molecular complexity index is 206. The number of methoxy groups -OCH3 is 1. The predicted octanol–water partition coefficient (Wildman–Crippen LogP) is 1.77. The third-order valence-corrected chi connectivity index (χ3v) is 4.33. The first-order chi connectivity index (χ1) is 7.76. The average Bonchev–Trinajstić information content (AvgIpc) is 2.30. The van der Waals surface area contributed by atoms with E-state index in [1.54, 1.807) is 7.11 Å². The van der Waals surface area contributed by atoms with Crippen molar-refractivity contribution in [2.45, 2.75) is 37.0 Å². The number of ether oxygens (including phenoxy) is 1. The van der Waals surface area contributed by atoms with Crippen LogP contribution in [0.1, 0.15) is 25.7 Å². The van der Waals surface area contributed by atoms with Crippen LogP contribution in [-0.2, 0) is 4.74 Å². The SMILES string of the molecule is COCCNC(=S)NC1CCC(SC)CC1. The lowest BCUT2D eigenvalue weighted by molar-refractivity contribution is 0.203. The summed E-state index contributed by atoms with van der Waals surface area (Å²) in [6.07, 6.45) is 7.28. The van der Waals surface area contributed by atoms with E-state index in [2.05, 4.69) is 16.9 Å². The maximum atomic E-state index is 5.22. The molecule has 3 nitrogen and oxygen atoms in total. The first-order valence-corrected chi connectivity index (χ1v) is 7.52. The van der Waals surface area contributed by atoms with E-state index in [1.807, 2.05) is 11.8 Å². The molecular formula is C11H22N2OS2. The van der Waals surface area contributed by atoms with Gasteiger partial charge in [0.25, 0.3) is 0 Å². The third kappa shape index (κ3) is 5.37. The fourth-order valence-corrected chi connectivity index (χ4v) is 2.96. The Labute approximate surface area is 108 Å². The topological polar surface area (TPSA) is 33.3 Å². The Morgan fingerprint density at radius 3 is 2.62 bits per heavy atom. The molecule has 1 fully saturated rings. The van der Waals surface area contributed by atoms with Crippen molar-refractivity contribution in [3.63, 3.8) is 0 Å². The molecule has 0 radical (unpaired) electrons. The van der Waals surface area contributed by atoms with Gasteiger partial charge in [0.15, 0.2) is 5.11 Å². The summed E-state index contributed by atoms with van der Waals surface area (Å²) >= 11 is 7.21. The van der Waals surface area contributed by atoms with Gasteiger partial charge in [0.05, 0.1) is 6.61 Å². The van der Waals surface area contributed by atoms with Gasteiger partial charge < -0.3 is 15.4 Å². The molecule has 16 heavy (non-hydrogen) atoms. The van der Waals surface area contributed by atoms with Gasteiger partial charge in [-0.05, 0) is 44.2 Å². The van der Waals surface area contributed by atoms with E-state index in [0.717, 1.165) is 16.9 Å². The van der Waals surface area contributed by atoms with E-state index >= 15 is 0 Å². The van der Waals surface area contributed by atoms with Crippen LogP contribution in [0.3, 0.4) is 0 Å². The highest BCUT2D eigenvalue weighted by molar-refractivity contribution is 7.99. The van der Waals surface area contributed by atoms with Gasteiger partial charge in [0.2, 0.25) is 0 Å². The van der Waals surface area contributed by atoms with Crippen LogP contribution in [0, 0.1) is 0 Å². The lowest BCUT2D eigenvalue weighted by atomic mass is 9.95. The van der Waals surface area contributed by atoms with Crippen LogP contribution in [0.25, 0.3) is 0 Å². The summed E-state index contributed by atoms with van der Waals surface area (Å²) in [7, 11) is 1.70. The average molecular weight is 262 g/mol. The fraction of sp³-hybridized carbons (Fsp3) is 0.909. The van der Waals surface area contributed by atoms with Gasteiger partial charge in [-0.15, -0.1) is 0 Å². The lowest BCUT2D eigenvalue weighted by Gasteiger charge is -2.28. The standard InChI is InChI=1S/C11H22N2OS2/c1-14-8-7-12-11(15)13-9-3-5-10(16-2)6-4-9/h9-10H,3-8H2,1-2H3,(H2,12,13,15). The van der Waals surface area contributed by atoms with E-state index in [-0.39, 0.29) is 0 Å². The Kier molecular flexibility index (Phi) is 7.16. The van der Waals surface area contributed by atoms with Crippen LogP contribution < -0.4 is 10.6 Å². The van der Waals surface area contributed by atoms with E-state index in [9.17, 15) is 0 Å². The van der Waals surface area contributed by atoms with Crippen molar-refractivity contribution in [1.82, 2.24) is 10.6 Å². The largest absolute Gasteiger partial charge is 0.383 e. The van der Waals surface area contributed by atoms with Crippen molar-refractivity contribution in [2.75, 3.05) is 26.5 Å². The Morgan fingerprint density at radius 1 is 1.38 bits per heavy atom. The Hall–Kier alpha value is 0. The molecule has 94 valence electrons. The molecule has 0 unspecified atom stereocenters. The monoisotopic (exact) mass is 262 g/mol. The quantitative estimate of drug-likeness (QED) is 0.583. The lowest BCUT2D eigenvalue weighted by Crippen LogP contribution is -2.44. The number of hydrogen-bond donors (Lipinski definition) is 2. The van der Waals surface area contributed by atoms with Crippen molar-refractivity contribution < 1.29 is 4.74 Å². The highest BCUT2D eigenvalue weighted by Crippen LogP contribution is 2.26. The van der Waals surface area contributed by atoms with Crippen molar-refractivity contribution in [1.29, 1.82) is 0 Å². The second kappa shape index (κ2) is 8.14. The maximum Gasteiger partial charge on any atom is 0.166 e. The number of nitrogens with one attached hydrogen (secondary N) is 2. The molecule has 0 amide bonds. The molecule has 0 spiro atoms. The number of hydrogen-bond acceptors (Lipinski definition) is 3. The molecule has 2 N–H and O–H groups in total. The second-order valence-corrected chi connectivity index (χ2v) is 5.65. The van der Waals surface area contributed by atoms with E-state index in [4.69, 9.17) is 17.0 Å². The van der Waals surface area contributed by atoms with Crippen molar-refractivity contribution in [2.24, 2.45) is 0 Å². The fourth-order valence-electron chi connectivity index (χ4n) is 1.95. The van der Waals surface area contributed by atoms with E-state index in [0.29, 0.717) is 12.6 Å². The van der Waals surface area contributed by atoms with Crippen molar-refractivity contribution in [3.8, 4) is 0 Å². The van der Waals surface area contributed by atoms with E-state index in [1.165, 1.54) is 25.7 Å². The van der Waals surface area contributed by atoms with E-state index < -0.39 is 0 Å². The molecule has 0 aromatic rings. The number of rotatable bonds is 5. The van der Waals surface area contributed by atoms with Gasteiger partial charge in [0.1, 0.15) is 0 Å². The van der Waals surface area contributed by atoms with Crippen LogP contribution in [-0.4, -0.2) is 42.9 Å². The summed E-state index contributed by atoms with van der Waals surface area (Å²) in [5.41, 5.74) is 0. The molecule has 0 aliphatic heterocycles. The van der Waals surface area contributed by atoms with Crippen LogP contribution in [0.2, 0.25) is 0 Å². The molecular weight excluding hydrogens is 240 g/mol. The molecule has 0 saturated heterocycles. The summed E-state index contributed by atoms with van der Waals surface area (Å²) < 4.78 is 4.96. The molecule has 1 aliphatic carbocycles. The van der Waals surface area contributed by atoms with Gasteiger partial charge in [-0.25, -0.2) is 0 Å². The normalized spacial score (nSPS) is 25.1. The minimum Gasteiger partial charge on any atom is -0.383 e. The highest BCUT2D eigenvalue weighted by Gasteiger charge is 2.20. The van der Waals surface area contributed by atoms with Gasteiger partial charge in [0, 0.05) is 24.9 Å². The zero-order valence-corrected chi connectivity index (χ0v) is 11.8. The highest BCUT2D eigenvalue weighted by atomic mass is 32.2. The number of thiocarbonyl (C=S) groups is 1. The van der Waals surface area contributed by atoms with Crippen LogP contribution in [0.5, 0.6) is 0 Å². The summed E-state index contributed by atoms with van der Waals surface area (Å²) in [5, 5.41) is 8.15. The van der Waals surface area contributed by atoms with Gasteiger partial charge in [-0.2, -0.15) is 11.8 Å². The molecule has 1 aliphatic rings. The molecule has 5 heteroatoms. The zero-order chi connectivity index (χ0) is 11.8. The zero-order valence-electron chi connectivity index (χ0n) is 10.1. The minimum atomic E-state index is 0.561. The van der Waals surface area contributed by atoms with Crippen LogP contribution in [0.15, 0.2) is 0 Å². The summed E-state index contributed by atoms with van der Waals surface area (Å²) in [4.78, 5) is 0. The minimum absolute atomic E-state index is 0.561. The second-order valence-electron chi connectivity index (χ2n) is 4.10. The third-order valence-electron chi connectivity index (χ3n) is 2.93. The molecule has 0 aromatic heterocycles. The first-order valence-electron chi connectivity index (χ1n) is 5.82. The molecule has 0 aromatic carbocycles.